The number of nitrogen functional groups attached to an aromatic ring is 1. The summed E-state index contributed by atoms with van der Waals surface area (Å²) in [5.41, 5.74) is 21.9. The zero-order valence-electron chi connectivity index (χ0n) is 18.8. The molecule has 0 radical (unpaired) electrons. The second-order valence-corrected chi connectivity index (χ2v) is 8.31. The minimum atomic E-state index is -0.564. The molecule has 33 heavy (non-hydrogen) atoms. The van der Waals surface area contributed by atoms with E-state index in [2.05, 4.69) is 9.98 Å². The second kappa shape index (κ2) is 9.40. The number of nitrogens with zero attached hydrogens (tertiary/aromatic N) is 4. The van der Waals surface area contributed by atoms with Crippen LogP contribution in [0.1, 0.15) is 49.5 Å². The number of fused-ring (bicyclic) bond motifs is 3. The van der Waals surface area contributed by atoms with Gasteiger partial charge in [0.2, 0.25) is 0 Å². The van der Waals surface area contributed by atoms with E-state index >= 15 is 0 Å². The van der Waals surface area contributed by atoms with E-state index in [4.69, 9.17) is 31.9 Å². The van der Waals surface area contributed by atoms with Crippen LogP contribution in [0.2, 0.25) is 0 Å². The van der Waals surface area contributed by atoms with Crippen molar-refractivity contribution >= 4 is 23.7 Å². The minimum Gasteiger partial charge on any atom is -0.482 e. The van der Waals surface area contributed by atoms with Crippen molar-refractivity contribution in [3.63, 3.8) is 0 Å². The van der Waals surface area contributed by atoms with Gasteiger partial charge in [-0.05, 0) is 56.9 Å². The molecule has 0 saturated heterocycles. The van der Waals surface area contributed by atoms with E-state index < -0.39 is 11.9 Å². The molecule has 172 valence electrons. The number of anilines is 1. The van der Waals surface area contributed by atoms with Crippen LogP contribution in [0.3, 0.4) is 0 Å². The van der Waals surface area contributed by atoms with E-state index in [0.29, 0.717) is 46.6 Å². The summed E-state index contributed by atoms with van der Waals surface area (Å²) in [6.07, 6.45) is 4.60. The van der Waals surface area contributed by atoms with Crippen LogP contribution in [0.5, 0.6) is 5.75 Å². The molecule has 2 heterocycles. The van der Waals surface area contributed by atoms with Gasteiger partial charge in [0.25, 0.3) is 0 Å². The summed E-state index contributed by atoms with van der Waals surface area (Å²) in [5.74, 6) is 1.13. The zero-order valence-corrected chi connectivity index (χ0v) is 18.8. The number of aliphatic imine (C=N–C) groups is 3. The fourth-order valence-corrected chi connectivity index (χ4v) is 3.69. The fourth-order valence-electron chi connectivity index (χ4n) is 3.69. The normalized spacial score (nSPS) is 21.6. The predicted octanol–water partition coefficient (Wildman–Crippen LogP) is 3.12. The van der Waals surface area contributed by atoms with Crippen LogP contribution in [0.4, 0.5) is 10.2 Å². The molecule has 0 amide bonds. The van der Waals surface area contributed by atoms with Gasteiger partial charge in [0.05, 0.1) is 18.6 Å². The highest BCUT2D eigenvalue weighted by atomic mass is 19.1. The fraction of sp³-hybridized carbons (Fsp3) is 0.333. The average Bonchev–Trinajstić information content (AvgIpc) is 3.60. The molecule has 1 aliphatic heterocycles. The van der Waals surface area contributed by atoms with Gasteiger partial charge in [-0.2, -0.15) is 0 Å². The number of pyridine rings is 1. The maximum Gasteiger partial charge on any atom is 0.166 e. The van der Waals surface area contributed by atoms with Gasteiger partial charge in [0, 0.05) is 40.7 Å². The van der Waals surface area contributed by atoms with Crippen molar-refractivity contribution in [1.82, 2.24) is 4.98 Å². The van der Waals surface area contributed by atoms with Crippen molar-refractivity contribution in [2.24, 2.45) is 32.4 Å². The Balaban J connectivity index is 1.94. The molecule has 6 N–H and O–H groups in total. The van der Waals surface area contributed by atoms with Gasteiger partial charge < -0.3 is 21.9 Å². The maximum atomic E-state index is 14.2. The molecular formula is C24H28FN7O. The molecule has 0 spiro atoms. The molecule has 1 aromatic carbocycles. The van der Waals surface area contributed by atoms with Crippen molar-refractivity contribution in [1.29, 1.82) is 0 Å². The second-order valence-electron chi connectivity index (χ2n) is 8.31. The Morgan fingerprint density at radius 2 is 2.09 bits per heavy atom. The highest BCUT2D eigenvalue weighted by Crippen LogP contribution is 2.32. The summed E-state index contributed by atoms with van der Waals surface area (Å²) in [6, 6.07) is 6.16. The SMILES string of the molecule is CC(N)=C1CN=C(N=CN)c2ccc(F)cc2[C@@H](C)Oc2cc(cnc2N)C1=NCC1CC1. The first-order valence-electron chi connectivity index (χ1n) is 10.9. The number of hydrogen-bond donors (Lipinski definition) is 3. The Labute approximate surface area is 192 Å². The third kappa shape index (κ3) is 5.02. The molecule has 1 fully saturated rings. The minimum absolute atomic E-state index is 0.213. The Bertz CT molecular complexity index is 1180. The molecule has 2 aromatic rings. The Hall–Kier alpha value is -3.75. The van der Waals surface area contributed by atoms with Crippen LogP contribution < -0.4 is 21.9 Å². The van der Waals surface area contributed by atoms with Gasteiger partial charge in [-0.25, -0.2) is 14.4 Å². The first-order chi connectivity index (χ1) is 15.9. The lowest BCUT2D eigenvalue weighted by Gasteiger charge is -2.21. The molecule has 2 bridgehead atoms. The third-order valence-electron chi connectivity index (χ3n) is 5.70. The van der Waals surface area contributed by atoms with Gasteiger partial charge in [0.1, 0.15) is 11.9 Å². The lowest BCUT2D eigenvalue weighted by molar-refractivity contribution is 0.227. The summed E-state index contributed by atoms with van der Waals surface area (Å²) in [6.45, 7) is 4.52. The van der Waals surface area contributed by atoms with Crippen LogP contribution in [-0.4, -0.2) is 36.0 Å². The maximum absolute atomic E-state index is 14.2. The molecule has 1 saturated carbocycles. The Kier molecular flexibility index (Phi) is 6.39. The summed E-state index contributed by atoms with van der Waals surface area (Å²) in [5, 5.41) is 0. The number of amidine groups is 1. The Morgan fingerprint density at radius 3 is 2.79 bits per heavy atom. The standard InChI is InChI=1S/C24H28FN7O/c1-13(27)20-11-31-24(32-12-26)18-6-5-17(25)8-19(18)14(2)33-21-7-16(10-30-23(21)28)22(20)29-9-15-3-4-15/h5-8,10,12,14-15H,3-4,9,11,27H2,1-2H3,(H2,28,30)(H2,26,31,32)/t14-/m1/s1. The molecule has 1 aromatic heterocycles. The smallest absolute Gasteiger partial charge is 0.166 e. The van der Waals surface area contributed by atoms with Gasteiger partial charge >= 0.3 is 0 Å². The predicted molar refractivity (Wildman–Crippen MR) is 129 cm³/mol. The van der Waals surface area contributed by atoms with Crippen molar-refractivity contribution in [2.45, 2.75) is 32.8 Å². The molecule has 9 heteroatoms. The Morgan fingerprint density at radius 1 is 1.30 bits per heavy atom. The molecule has 4 rings (SSSR count). The van der Waals surface area contributed by atoms with Crippen molar-refractivity contribution in [2.75, 3.05) is 18.8 Å². The van der Waals surface area contributed by atoms with E-state index in [1.54, 1.807) is 25.3 Å². The lowest BCUT2D eigenvalue weighted by atomic mass is 9.99. The van der Waals surface area contributed by atoms with E-state index in [-0.39, 0.29) is 12.4 Å². The van der Waals surface area contributed by atoms with E-state index in [0.717, 1.165) is 17.5 Å². The van der Waals surface area contributed by atoms with Crippen LogP contribution in [0, 0.1) is 11.7 Å². The summed E-state index contributed by atoms with van der Waals surface area (Å²) < 4.78 is 20.3. The summed E-state index contributed by atoms with van der Waals surface area (Å²) in [7, 11) is 0. The topological polar surface area (TPSA) is 137 Å². The largest absolute Gasteiger partial charge is 0.482 e. The van der Waals surface area contributed by atoms with Crippen molar-refractivity contribution in [3.05, 3.63) is 64.2 Å². The number of aromatic nitrogens is 1. The zero-order chi connectivity index (χ0) is 23.5. The van der Waals surface area contributed by atoms with Crippen LogP contribution in [0.25, 0.3) is 0 Å². The molecule has 8 nitrogen and oxygen atoms in total. The number of allylic oxidation sites excluding steroid dienone is 1. The molecular weight excluding hydrogens is 421 g/mol. The first-order valence-corrected chi connectivity index (χ1v) is 10.9. The number of nitrogens with two attached hydrogens (primary N) is 3. The third-order valence-corrected chi connectivity index (χ3v) is 5.70. The molecule has 1 atom stereocenters. The van der Waals surface area contributed by atoms with Crippen LogP contribution >= 0.6 is 0 Å². The quantitative estimate of drug-likeness (QED) is 0.478. The summed E-state index contributed by atoms with van der Waals surface area (Å²) in [4.78, 5) is 18.2. The lowest BCUT2D eigenvalue weighted by Crippen LogP contribution is -2.19. The first kappa shape index (κ1) is 22.4. The highest BCUT2D eigenvalue weighted by Gasteiger charge is 2.24. The van der Waals surface area contributed by atoms with E-state index in [1.807, 2.05) is 6.92 Å². The number of hydrogen-bond acceptors (Lipinski definition) is 7. The van der Waals surface area contributed by atoms with Crippen molar-refractivity contribution < 1.29 is 9.13 Å². The molecule has 1 aliphatic carbocycles. The van der Waals surface area contributed by atoms with Crippen LogP contribution in [-0.2, 0) is 0 Å². The monoisotopic (exact) mass is 449 g/mol. The van der Waals surface area contributed by atoms with Gasteiger partial charge in [0.15, 0.2) is 17.4 Å². The number of ether oxygens (including phenoxy) is 1. The van der Waals surface area contributed by atoms with E-state index in [1.165, 1.54) is 25.0 Å². The number of rotatable bonds is 2. The number of benzene rings is 1. The number of halogens is 1. The molecule has 2 aliphatic rings. The van der Waals surface area contributed by atoms with Gasteiger partial charge in [-0.15, -0.1) is 0 Å². The average molecular weight is 450 g/mol. The van der Waals surface area contributed by atoms with E-state index in [9.17, 15) is 4.39 Å². The van der Waals surface area contributed by atoms with Gasteiger partial charge in [-0.3, -0.25) is 9.98 Å². The highest BCUT2D eigenvalue weighted by molar-refractivity contribution is 6.14. The van der Waals surface area contributed by atoms with Crippen LogP contribution in [0.15, 0.2) is 56.7 Å². The van der Waals surface area contributed by atoms with Crippen molar-refractivity contribution in [3.8, 4) is 5.75 Å². The summed E-state index contributed by atoms with van der Waals surface area (Å²) >= 11 is 0. The molecule has 0 unspecified atom stereocenters. The van der Waals surface area contributed by atoms with Gasteiger partial charge in [-0.1, -0.05) is 0 Å².